The molecule has 28 heavy (non-hydrogen) atoms. The van der Waals surface area contributed by atoms with Crippen LogP contribution in [-0.2, 0) is 14.8 Å². The van der Waals surface area contributed by atoms with Crippen molar-refractivity contribution in [1.29, 1.82) is 0 Å². The predicted molar refractivity (Wildman–Crippen MR) is 109 cm³/mol. The fourth-order valence-electron chi connectivity index (χ4n) is 2.35. The number of carbonyl (C=O) groups is 1. The minimum atomic E-state index is -3.68. The van der Waals surface area contributed by atoms with Crippen LogP contribution < -0.4 is 14.8 Å². The van der Waals surface area contributed by atoms with Gasteiger partial charge in [0.25, 0.3) is 0 Å². The Morgan fingerprint density at radius 2 is 1.82 bits per heavy atom. The highest BCUT2D eigenvalue weighted by molar-refractivity contribution is 7.89. The van der Waals surface area contributed by atoms with Crippen LogP contribution >= 0.6 is 0 Å². The van der Waals surface area contributed by atoms with Gasteiger partial charge < -0.3 is 14.8 Å². The molecular weight excluding hydrogens is 380 g/mol. The van der Waals surface area contributed by atoms with Crippen LogP contribution in [0.3, 0.4) is 0 Å². The number of rotatable bonds is 8. The zero-order valence-corrected chi connectivity index (χ0v) is 17.1. The second-order valence-corrected chi connectivity index (χ2v) is 8.10. The molecule has 0 fully saturated rings. The molecule has 2 rings (SSSR count). The molecule has 1 amide bonds. The van der Waals surface area contributed by atoms with Crippen LogP contribution in [0.5, 0.6) is 11.5 Å². The van der Waals surface area contributed by atoms with E-state index in [4.69, 9.17) is 9.47 Å². The first kappa shape index (κ1) is 21.5. The molecule has 0 unspecified atom stereocenters. The van der Waals surface area contributed by atoms with Crippen molar-refractivity contribution in [2.75, 3.05) is 33.1 Å². The summed E-state index contributed by atoms with van der Waals surface area (Å²) in [6, 6.07) is 11.7. The van der Waals surface area contributed by atoms with Gasteiger partial charge >= 0.3 is 0 Å². The van der Waals surface area contributed by atoms with Crippen molar-refractivity contribution in [1.82, 2.24) is 4.31 Å². The number of benzene rings is 2. The summed E-state index contributed by atoms with van der Waals surface area (Å²) in [7, 11) is 0.622. The van der Waals surface area contributed by atoms with Gasteiger partial charge in [-0.1, -0.05) is 6.07 Å². The minimum absolute atomic E-state index is 0.0362. The van der Waals surface area contributed by atoms with Crippen LogP contribution in [0.15, 0.2) is 53.4 Å². The highest BCUT2D eigenvalue weighted by atomic mass is 32.2. The number of carbonyl (C=O) groups excluding carboxylic acids is 1. The maximum Gasteiger partial charge on any atom is 0.248 e. The molecule has 0 aromatic heterocycles. The van der Waals surface area contributed by atoms with E-state index in [1.807, 2.05) is 6.92 Å². The van der Waals surface area contributed by atoms with E-state index in [1.165, 1.54) is 39.4 Å². The molecule has 0 spiro atoms. The van der Waals surface area contributed by atoms with Crippen LogP contribution in [0.1, 0.15) is 12.5 Å². The summed E-state index contributed by atoms with van der Waals surface area (Å²) in [6.45, 7) is 2.47. The maximum atomic E-state index is 12.4. The number of methoxy groups -OCH3 is 1. The standard InChI is InChI=1S/C20H24N2O5S/c1-5-27-17-10-8-16(9-11-17)21-20(23)13-7-15-6-12-18(26-4)19(14-15)28(24,25)22(2)3/h6-14H,5H2,1-4H3,(H,21,23). The van der Waals surface area contributed by atoms with Crippen molar-refractivity contribution < 1.29 is 22.7 Å². The smallest absolute Gasteiger partial charge is 0.248 e. The Bertz CT molecular complexity index is 951. The van der Waals surface area contributed by atoms with Gasteiger partial charge in [0.15, 0.2) is 0 Å². The number of sulfonamides is 1. The van der Waals surface area contributed by atoms with Gasteiger partial charge in [-0.05, 0) is 55.0 Å². The van der Waals surface area contributed by atoms with Crippen LogP contribution in [0.25, 0.3) is 6.08 Å². The quantitative estimate of drug-likeness (QED) is 0.684. The lowest BCUT2D eigenvalue weighted by Crippen LogP contribution is -2.22. The van der Waals surface area contributed by atoms with Gasteiger partial charge in [0.2, 0.25) is 15.9 Å². The summed E-state index contributed by atoms with van der Waals surface area (Å²) in [4.78, 5) is 12.2. The Balaban J connectivity index is 2.16. The Labute approximate surface area is 165 Å². The monoisotopic (exact) mass is 404 g/mol. The zero-order valence-electron chi connectivity index (χ0n) is 16.3. The third-order valence-electron chi connectivity index (χ3n) is 3.81. The van der Waals surface area contributed by atoms with Crippen molar-refractivity contribution in [2.45, 2.75) is 11.8 Å². The average molecular weight is 404 g/mol. The molecule has 8 heteroatoms. The van der Waals surface area contributed by atoms with Gasteiger partial charge in [0.05, 0.1) is 13.7 Å². The van der Waals surface area contributed by atoms with E-state index in [9.17, 15) is 13.2 Å². The number of nitrogens with one attached hydrogen (secondary N) is 1. The molecule has 0 radical (unpaired) electrons. The van der Waals surface area contributed by atoms with E-state index in [-0.39, 0.29) is 16.6 Å². The topological polar surface area (TPSA) is 84.9 Å². The zero-order chi connectivity index (χ0) is 20.7. The molecule has 0 aliphatic carbocycles. The molecule has 1 N–H and O–H groups in total. The fraction of sp³-hybridized carbons (Fsp3) is 0.250. The van der Waals surface area contributed by atoms with Gasteiger partial charge in [-0.2, -0.15) is 0 Å². The summed E-state index contributed by atoms with van der Waals surface area (Å²) in [5.41, 5.74) is 1.19. The number of nitrogens with zero attached hydrogens (tertiary/aromatic N) is 1. The molecule has 150 valence electrons. The molecular formula is C20H24N2O5S. The Morgan fingerprint density at radius 3 is 2.39 bits per heavy atom. The summed E-state index contributed by atoms with van der Waals surface area (Å²) >= 11 is 0. The molecule has 0 saturated heterocycles. The summed E-state index contributed by atoms with van der Waals surface area (Å²) in [5, 5.41) is 2.73. The van der Waals surface area contributed by atoms with E-state index in [0.29, 0.717) is 17.9 Å². The average Bonchev–Trinajstić information content (AvgIpc) is 2.67. The maximum absolute atomic E-state index is 12.4. The number of ether oxygens (including phenoxy) is 2. The molecule has 0 saturated carbocycles. The minimum Gasteiger partial charge on any atom is -0.495 e. The molecule has 0 heterocycles. The van der Waals surface area contributed by atoms with Crippen molar-refractivity contribution in [3.05, 3.63) is 54.1 Å². The largest absolute Gasteiger partial charge is 0.495 e. The molecule has 0 aliphatic rings. The molecule has 2 aromatic rings. The second kappa shape index (κ2) is 9.38. The third kappa shape index (κ3) is 5.34. The third-order valence-corrected chi connectivity index (χ3v) is 5.64. The van der Waals surface area contributed by atoms with Crippen molar-refractivity contribution in [3.63, 3.8) is 0 Å². The van der Waals surface area contributed by atoms with Crippen molar-refractivity contribution in [2.24, 2.45) is 0 Å². The van der Waals surface area contributed by atoms with Gasteiger partial charge in [-0.25, -0.2) is 12.7 Å². The van der Waals surface area contributed by atoms with E-state index in [1.54, 1.807) is 36.4 Å². The van der Waals surface area contributed by atoms with Crippen LogP contribution in [-0.4, -0.2) is 46.4 Å². The first-order chi connectivity index (χ1) is 13.3. The van der Waals surface area contributed by atoms with Gasteiger partial charge in [-0.3, -0.25) is 4.79 Å². The Hall–Kier alpha value is -2.84. The molecule has 2 aromatic carbocycles. The Kier molecular flexibility index (Phi) is 7.19. The van der Waals surface area contributed by atoms with Crippen LogP contribution in [0, 0.1) is 0 Å². The van der Waals surface area contributed by atoms with Crippen molar-refractivity contribution >= 4 is 27.7 Å². The summed E-state index contributed by atoms with van der Waals surface area (Å²) < 4.78 is 36.5. The van der Waals surface area contributed by atoms with Gasteiger partial charge in [0.1, 0.15) is 16.4 Å². The lowest BCUT2D eigenvalue weighted by atomic mass is 10.2. The summed E-state index contributed by atoms with van der Waals surface area (Å²) in [6.07, 6.45) is 2.88. The highest BCUT2D eigenvalue weighted by Crippen LogP contribution is 2.27. The lowest BCUT2D eigenvalue weighted by Gasteiger charge is -2.15. The number of anilines is 1. The van der Waals surface area contributed by atoms with E-state index in [2.05, 4.69) is 5.32 Å². The van der Waals surface area contributed by atoms with E-state index in [0.717, 1.165) is 10.1 Å². The molecule has 0 aliphatic heterocycles. The Morgan fingerprint density at radius 1 is 1.14 bits per heavy atom. The highest BCUT2D eigenvalue weighted by Gasteiger charge is 2.22. The van der Waals surface area contributed by atoms with Crippen LogP contribution in [0.4, 0.5) is 5.69 Å². The van der Waals surface area contributed by atoms with Gasteiger partial charge in [-0.15, -0.1) is 0 Å². The van der Waals surface area contributed by atoms with Crippen molar-refractivity contribution in [3.8, 4) is 11.5 Å². The predicted octanol–water partition coefficient (Wildman–Crippen LogP) is 3.00. The summed E-state index contributed by atoms with van der Waals surface area (Å²) in [5.74, 6) is 0.630. The molecule has 0 bridgehead atoms. The first-order valence-corrected chi connectivity index (χ1v) is 10.0. The number of hydrogen-bond donors (Lipinski definition) is 1. The normalized spacial score (nSPS) is 11.6. The second-order valence-electron chi connectivity index (χ2n) is 5.98. The molecule has 0 atom stereocenters. The SMILES string of the molecule is CCOc1ccc(NC(=O)C=Cc2ccc(OC)c(S(=O)(=O)N(C)C)c2)cc1. The van der Waals surface area contributed by atoms with Gasteiger partial charge in [0, 0.05) is 25.9 Å². The van der Waals surface area contributed by atoms with Crippen LogP contribution in [0.2, 0.25) is 0 Å². The van der Waals surface area contributed by atoms with E-state index < -0.39 is 10.0 Å². The number of hydrogen-bond acceptors (Lipinski definition) is 5. The molecule has 7 nitrogen and oxygen atoms in total. The first-order valence-electron chi connectivity index (χ1n) is 8.60. The van der Waals surface area contributed by atoms with E-state index >= 15 is 0 Å². The fourth-order valence-corrected chi connectivity index (χ4v) is 3.44. The lowest BCUT2D eigenvalue weighted by molar-refractivity contribution is -0.111. The number of amides is 1.